The highest BCUT2D eigenvalue weighted by molar-refractivity contribution is 5.41. The van der Waals surface area contributed by atoms with Crippen molar-refractivity contribution in [1.29, 1.82) is 0 Å². The lowest BCUT2D eigenvalue weighted by molar-refractivity contribution is 0.134. The smallest absolute Gasteiger partial charge is 0.121 e. The number of aromatic hydroxyl groups is 1. The molecule has 0 saturated carbocycles. The Kier molecular flexibility index (Phi) is 3.32. The normalized spacial score (nSPS) is 10.4. The largest absolute Gasteiger partial charge is 0.507 e. The molecule has 0 bridgehead atoms. The van der Waals surface area contributed by atoms with Gasteiger partial charge >= 0.3 is 0 Å². The average Bonchev–Trinajstić information content (AvgIpc) is 2.10. The summed E-state index contributed by atoms with van der Waals surface area (Å²) >= 11 is 0. The van der Waals surface area contributed by atoms with Gasteiger partial charge in [-0.2, -0.15) is 0 Å². The van der Waals surface area contributed by atoms with Crippen molar-refractivity contribution in [3.8, 4) is 5.75 Å². The maximum absolute atomic E-state index is 9.52. The van der Waals surface area contributed by atoms with Crippen molar-refractivity contribution in [1.82, 2.24) is 0 Å². The number of phenols is 1. The second-order valence-corrected chi connectivity index (χ2v) is 3.22. The number of rotatable bonds is 3. The van der Waals surface area contributed by atoms with E-state index in [1.807, 2.05) is 32.9 Å². The van der Waals surface area contributed by atoms with Crippen LogP contribution in [0.2, 0.25) is 0 Å². The molecule has 0 fully saturated rings. The van der Waals surface area contributed by atoms with Crippen LogP contribution in [0.1, 0.15) is 23.6 Å². The molecule has 2 nitrogen and oxygen atoms in total. The molecule has 0 saturated heterocycles. The van der Waals surface area contributed by atoms with Crippen molar-refractivity contribution in [2.24, 2.45) is 0 Å². The van der Waals surface area contributed by atoms with Crippen molar-refractivity contribution >= 4 is 0 Å². The van der Waals surface area contributed by atoms with Crippen molar-refractivity contribution < 1.29 is 9.84 Å². The molecule has 0 amide bonds. The third kappa shape index (κ3) is 2.46. The summed E-state index contributed by atoms with van der Waals surface area (Å²) in [4.78, 5) is 0. The molecule has 0 atom stereocenters. The summed E-state index contributed by atoms with van der Waals surface area (Å²) in [5.74, 6) is 0.389. The summed E-state index contributed by atoms with van der Waals surface area (Å²) in [7, 11) is 0. The van der Waals surface area contributed by atoms with Crippen molar-refractivity contribution in [3.05, 3.63) is 28.8 Å². The van der Waals surface area contributed by atoms with Crippen LogP contribution in [0.5, 0.6) is 5.75 Å². The van der Waals surface area contributed by atoms with Gasteiger partial charge in [0.1, 0.15) is 5.75 Å². The zero-order valence-electron chi connectivity index (χ0n) is 8.42. The van der Waals surface area contributed by atoms with E-state index in [2.05, 4.69) is 0 Å². The van der Waals surface area contributed by atoms with Crippen LogP contribution < -0.4 is 0 Å². The second kappa shape index (κ2) is 4.28. The fraction of sp³-hybridized carbons (Fsp3) is 0.455. The predicted molar refractivity (Wildman–Crippen MR) is 52.9 cm³/mol. The molecule has 0 aliphatic carbocycles. The van der Waals surface area contributed by atoms with Gasteiger partial charge in [-0.05, 0) is 37.5 Å². The number of phenolic OH excluding ortho intramolecular Hbond substituents is 1. The molecule has 1 aromatic rings. The predicted octanol–water partition coefficient (Wildman–Crippen LogP) is 2.55. The van der Waals surface area contributed by atoms with Gasteiger partial charge in [0.15, 0.2) is 0 Å². The van der Waals surface area contributed by atoms with Crippen molar-refractivity contribution in [2.45, 2.75) is 27.4 Å². The second-order valence-electron chi connectivity index (χ2n) is 3.22. The Bertz CT molecular complexity index is 269. The van der Waals surface area contributed by atoms with Gasteiger partial charge in [-0.3, -0.25) is 0 Å². The summed E-state index contributed by atoms with van der Waals surface area (Å²) in [6.07, 6.45) is 0. The number of hydrogen-bond donors (Lipinski definition) is 1. The molecule has 0 aromatic heterocycles. The van der Waals surface area contributed by atoms with Crippen LogP contribution in [-0.4, -0.2) is 11.7 Å². The molecule has 1 aromatic carbocycles. The quantitative estimate of drug-likeness (QED) is 0.774. The minimum atomic E-state index is 0.389. The number of hydrogen-bond acceptors (Lipinski definition) is 2. The van der Waals surface area contributed by atoms with Crippen LogP contribution in [0.3, 0.4) is 0 Å². The Morgan fingerprint density at radius 2 is 1.77 bits per heavy atom. The van der Waals surface area contributed by atoms with Crippen LogP contribution in [0.25, 0.3) is 0 Å². The van der Waals surface area contributed by atoms with Crippen molar-refractivity contribution in [2.75, 3.05) is 6.61 Å². The molecule has 0 heterocycles. The molecule has 0 spiro atoms. The van der Waals surface area contributed by atoms with E-state index < -0.39 is 0 Å². The molecular formula is C11H16O2. The van der Waals surface area contributed by atoms with E-state index in [1.54, 1.807) is 0 Å². The van der Waals surface area contributed by atoms with Crippen LogP contribution in [0.15, 0.2) is 12.1 Å². The van der Waals surface area contributed by atoms with Gasteiger partial charge in [-0.15, -0.1) is 0 Å². The van der Waals surface area contributed by atoms with Gasteiger partial charge in [-0.25, -0.2) is 0 Å². The van der Waals surface area contributed by atoms with E-state index in [1.165, 1.54) is 0 Å². The van der Waals surface area contributed by atoms with E-state index >= 15 is 0 Å². The highest BCUT2D eigenvalue weighted by atomic mass is 16.5. The zero-order valence-corrected chi connectivity index (χ0v) is 8.42. The van der Waals surface area contributed by atoms with Crippen LogP contribution in [-0.2, 0) is 11.3 Å². The number of aryl methyl sites for hydroxylation is 2. The van der Waals surface area contributed by atoms with Gasteiger partial charge < -0.3 is 9.84 Å². The highest BCUT2D eigenvalue weighted by Crippen LogP contribution is 2.23. The fourth-order valence-electron chi connectivity index (χ4n) is 1.35. The molecule has 1 N–H and O–H groups in total. The van der Waals surface area contributed by atoms with Gasteiger partial charge in [-0.1, -0.05) is 12.1 Å². The van der Waals surface area contributed by atoms with E-state index in [0.717, 1.165) is 23.3 Å². The first-order valence-electron chi connectivity index (χ1n) is 4.52. The molecule has 72 valence electrons. The van der Waals surface area contributed by atoms with E-state index in [-0.39, 0.29) is 0 Å². The Morgan fingerprint density at radius 3 is 2.23 bits per heavy atom. The summed E-state index contributed by atoms with van der Waals surface area (Å²) < 4.78 is 5.29. The molecule has 0 radical (unpaired) electrons. The van der Waals surface area contributed by atoms with Crippen LogP contribution >= 0.6 is 0 Å². The standard InChI is InChI=1S/C11H16O2/c1-4-13-7-10-5-8(2)11(12)9(3)6-10/h5-6,12H,4,7H2,1-3H3. The van der Waals surface area contributed by atoms with Crippen LogP contribution in [0, 0.1) is 13.8 Å². The first-order chi connectivity index (χ1) is 6.15. The minimum absolute atomic E-state index is 0.389. The lowest BCUT2D eigenvalue weighted by Crippen LogP contribution is -1.93. The van der Waals surface area contributed by atoms with E-state index in [4.69, 9.17) is 4.74 Å². The fourth-order valence-corrected chi connectivity index (χ4v) is 1.35. The molecule has 13 heavy (non-hydrogen) atoms. The average molecular weight is 180 g/mol. The first kappa shape index (κ1) is 10.1. The Morgan fingerprint density at radius 1 is 1.23 bits per heavy atom. The van der Waals surface area contributed by atoms with E-state index in [0.29, 0.717) is 12.4 Å². The lowest BCUT2D eigenvalue weighted by atomic mass is 10.1. The highest BCUT2D eigenvalue weighted by Gasteiger charge is 2.02. The Balaban J connectivity index is 2.86. The maximum Gasteiger partial charge on any atom is 0.121 e. The SMILES string of the molecule is CCOCc1cc(C)c(O)c(C)c1. The maximum atomic E-state index is 9.52. The van der Waals surface area contributed by atoms with Gasteiger partial charge in [0.05, 0.1) is 6.61 Å². The Labute approximate surface area is 79.2 Å². The number of benzene rings is 1. The molecular weight excluding hydrogens is 164 g/mol. The molecule has 0 unspecified atom stereocenters. The Hall–Kier alpha value is -1.02. The van der Waals surface area contributed by atoms with Gasteiger partial charge in [0.2, 0.25) is 0 Å². The summed E-state index contributed by atoms with van der Waals surface area (Å²) in [5.41, 5.74) is 2.94. The third-order valence-electron chi connectivity index (χ3n) is 2.02. The number of ether oxygens (including phenoxy) is 1. The monoisotopic (exact) mass is 180 g/mol. The molecule has 1 rings (SSSR count). The zero-order chi connectivity index (χ0) is 9.84. The van der Waals surface area contributed by atoms with Crippen LogP contribution in [0.4, 0.5) is 0 Å². The van der Waals surface area contributed by atoms with Gasteiger partial charge in [0, 0.05) is 6.61 Å². The third-order valence-corrected chi connectivity index (χ3v) is 2.02. The minimum Gasteiger partial charge on any atom is -0.507 e. The molecule has 0 aliphatic heterocycles. The summed E-state index contributed by atoms with van der Waals surface area (Å²) in [6, 6.07) is 3.91. The molecule has 0 aliphatic rings. The molecule has 2 heteroatoms. The van der Waals surface area contributed by atoms with Gasteiger partial charge in [0.25, 0.3) is 0 Å². The summed E-state index contributed by atoms with van der Waals surface area (Å²) in [6.45, 7) is 7.12. The lowest BCUT2D eigenvalue weighted by Gasteiger charge is -2.07. The van der Waals surface area contributed by atoms with E-state index in [9.17, 15) is 5.11 Å². The topological polar surface area (TPSA) is 29.5 Å². The van der Waals surface area contributed by atoms with Crippen molar-refractivity contribution in [3.63, 3.8) is 0 Å². The first-order valence-corrected chi connectivity index (χ1v) is 4.52. The summed E-state index contributed by atoms with van der Waals surface area (Å²) in [5, 5.41) is 9.52.